The van der Waals surface area contributed by atoms with Gasteiger partial charge < -0.3 is 20.7 Å². The number of nitrogen functional groups attached to an aromatic ring is 1. The Morgan fingerprint density at radius 1 is 1.42 bits per heavy atom. The van der Waals surface area contributed by atoms with E-state index in [1.54, 1.807) is 6.92 Å². The molecule has 2 N–H and O–H groups in total. The van der Waals surface area contributed by atoms with Crippen molar-refractivity contribution >= 4 is 17.0 Å². The molecule has 0 saturated heterocycles. The van der Waals surface area contributed by atoms with Gasteiger partial charge in [-0.1, -0.05) is 0 Å². The molecule has 0 aliphatic heterocycles. The zero-order valence-electron chi connectivity index (χ0n) is 6.35. The summed E-state index contributed by atoms with van der Waals surface area (Å²) >= 11 is 0. The average Bonchev–Trinajstić information content (AvgIpc) is 2.31. The van der Waals surface area contributed by atoms with Gasteiger partial charge in [-0.2, -0.15) is 0 Å². The van der Waals surface area contributed by atoms with Crippen molar-refractivity contribution in [2.75, 3.05) is 5.73 Å². The van der Waals surface area contributed by atoms with E-state index in [4.69, 9.17) is 5.73 Å². The second-order valence-corrected chi connectivity index (χ2v) is 2.20. The van der Waals surface area contributed by atoms with Crippen molar-refractivity contribution in [3.05, 3.63) is 12.2 Å². The third kappa shape index (κ3) is 1.32. The third-order valence-corrected chi connectivity index (χ3v) is 1.37. The Labute approximate surface area is 83.1 Å². The third-order valence-electron chi connectivity index (χ3n) is 1.37. The van der Waals surface area contributed by atoms with E-state index in [2.05, 4.69) is 19.9 Å². The normalized spacial score (nSPS) is 9.75. The van der Waals surface area contributed by atoms with E-state index < -0.39 is 0 Å². The summed E-state index contributed by atoms with van der Waals surface area (Å²) in [6.45, 7) is 1.79. The topological polar surface area (TPSA) is 78.8 Å². The summed E-state index contributed by atoms with van der Waals surface area (Å²) in [5, 5.41) is 0. The number of fused-ring (bicyclic) bond motifs is 1. The molecule has 2 aromatic rings. The zero-order chi connectivity index (χ0) is 7.84. The van der Waals surface area contributed by atoms with Gasteiger partial charge >= 0.3 is 0 Å². The first-order valence-electron chi connectivity index (χ1n) is 3.15. The fourth-order valence-corrected chi connectivity index (χ4v) is 0.912. The van der Waals surface area contributed by atoms with Crippen molar-refractivity contribution in [2.45, 2.75) is 6.92 Å². The minimum Gasteiger partial charge on any atom is -0.383 e. The van der Waals surface area contributed by atoms with Gasteiger partial charge in [-0.15, -0.1) is 0 Å². The number of rotatable bonds is 0. The van der Waals surface area contributed by atoms with Gasteiger partial charge in [0.05, 0.1) is 0 Å². The molecule has 0 bridgehead atoms. The molecule has 0 fully saturated rings. The summed E-state index contributed by atoms with van der Waals surface area (Å²) in [7, 11) is 0. The second-order valence-electron chi connectivity index (χ2n) is 2.20. The van der Waals surface area contributed by atoms with Crippen molar-refractivity contribution in [3.8, 4) is 0 Å². The Morgan fingerprint density at radius 3 is 2.83 bits per heavy atom. The van der Waals surface area contributed by atoms with Crippen LogP contribution in [-0.4, -0.2) is 15.0 Å². The van der Waals surface area contributed by atoms with E-state index in [0.717, 1.165) is 0 Å². The molecular formula is C6H6N5W-. The number of imidazole rings is 1. The smallest absolute Gasteiger partial charge is 0.134 e. The van der Waals surface area contributed by atoms with Crippen molar-refractivity contribution in [1.82, 2.24) is 19.9 Å². The molecule has 0 unspecified atom stereocenters. The Hall–Kier alpha value is -0.962. The molecule has 0 spiro atoms. The van der Waals surface area contributed by atoms with Crippen LogP contribution in [0.5, 0.6) is 0 Å². The van der Waals surface area contributed by atoms with E-state index in [1.807, 2.05) is 0 Å². The fraction of sp³-hybridized carbons (Fsp3) is 0.167. The van der Waals surface area contributed by atoms with Gasteiger partial charge in [0, 0.05) is 38.6 Å². The van der Waals surface area contributed by atoms with Crippen LogP contribution in [0.15, 0.2) is 6.33 Å². The summed E-state index contributed by atoms with van der Waals surface area (Å²) < 4.78 is 0. The van der Waals surface area contributed by atoms with Gasteiger partial charge in [0.25, 0.3) is 0 Å². The van der Waals surface area contributed by atoms with Crippen molar-refractivity contribution in [1.29, 1.82) is 0 Å². The van der Waals surface area contributed by atoms with Crippen LogP contribution in [0.1, 0.15) is 5.82 Å². The molecule has 62 valence electrons. The fourth-order valence-electron chi connectivity index (χ4n) is 0.912. The Balaban J connectivity index is 0.000000720. The van der Waals surface area contributed by atoms with Crippen LogP contribution in [0.2, 0.25) is 0 Å². The first-order chi connectivity index (χ1) is 5.27. The molecule has 5 nitrogen and oxygen atoms in total. The molecule has 0 atom stereocenters. The Bertz CT molecular complexity index is 396. The van der Waals surface area contributed by atoms with Crippen LogP contribution in [0.25, 0.3) is 11.2 Å². The van der Waals surface area contributed by atoms with E-state index in [9.17, 15) is 0 Å². The van der Waals surface area contributed by atoms with E-state index >= 15 is 0 Å². The number of aryl methyl sites for hydroxylation is 1. The Morgan fingerprint density at radius 2 is 2.17 bits per heavy atom. The largest absolute Gasteiger partial charge is 0.383 e. The average molecular weight is 332 g/mol. The molecular weight excluding hydrogens is 326 g/mol. The predicted octanol–water partition coefficient (Wildman–Crippen LogP) is -0.130. The van der Waals surface area contributed by atoms with Gasteiger partial charge in [-0.3, -0.25) is 0 Å². The molecule has 0 aromatic carbocycles. The first-order valence-corrected chi connectivity index (χ1v) is 3.15. The van der Waals surface area contributed by atoms with Crippen LogP contribution in [-0.2, 0) is 21.1 Å². The van der Waals surface area contributed by atoms with Crippen molar-refractivity contribution in [2.24, 2.45) is 0 Å². The molecule has 2 aromatic heterocycles. The van der Waals surface area contributed by atoms with Crippen molar-refractivity contribution < 1.29 is 21.1 Å². The summed E-state index contributed by atoms with van der Waals surface area (Å²) in [4.78, 5) is 15.8. The first kappa shape index (κ1) is 9.13. The number of nitrogens with zero attached hydrogens (tertiary/aromatic N) is 4. The summed E-state index contributed by atoms with van der Waals surface area (Å²) in [5.74, 6) is 1.06. The maximum absolute atomic E-state index is 5.52. The standard InChI is InChI=1S/C6H6N5.W/c1-3-10-4-5(7)8-2-9-6(4)11-3;/h2H,1H3,(H2-,7,8,9,10,11);/q-1;. The quantitative estimate of drug-likeness (QED) is 0.727. The molecule has 2 rings (SSSR count). The van der Waals surface area contributed by atoms with Gasteiger partial charge in [-0.05, 0) is 12.7 Å². The number of nitrogens with two attached hydrogens (primary N) is 1. The zero-order valence-corrected chi connectivity index (χ0v) is 9.29. The summed E-state index contributed by atoms with van der Waals surface area (Å²) in [6, 6.07) is 0. The second kappa shape index (κ2) is 3.19. The van der Waals surface area contributed by atoms with E-state index in [1.165, 1.54) is 6.33 Å². The van der Waals surface area contributed by atoms with E-state index in [0.29, 0.717) is 22.8 Å². The minimum absolute atomic E-state index is 0. The summed E-state index contributed by atoms with van der Waals surface area (Å²) in [6.07, 6.45) is 1.38. The van der Waals surface area contributed by atoms with Gasteiger partial charge in [0.1, 0.15) is 5.82 Å². The SMILES string of the molecule is Cc1nc2c(N)ncnc2[n-]1.[W]. The molecule has 0 aliphatic carbocycles. The van der Waals surface area contributed by atoms with E-state index in [-0.39, 0.29) is 21.1 Å². The molecule has 0 radical (unpaired) electrons. The molecule has 12 heavy (non-hydrogen) atoms. The number of aromatic nitrogens is 4. The van der Waals surface area contributed by atoms with Crippen LogP contribution in [0.4, 0.5) is 5.82 Å². The van der Waals surface area contributed by atoms with Crippen molar-refractivity contribution in [3.63, 3.8) is 0 Å². The summed E-state index contributed by atoms with van der Waals surface area (Å²) in [5.41, 5.74) is 6.67. The van der Waals surface area contributed by atoms with Gasteiger partial charge in [0.15, 0.2) is 0 Å². The van der Waals surface area contributed by atoms with Gasteiger partial charge in [0.2, 0.25) is 0 Å². The molecule has 0 saturated carbocycles. The number of anilines is 1. The maximum atomic E-state index is 5.52. The number of hydrogen-bond acceptors (Lipinski definition) is 4. The van der Waals surface area contributed by atoms with Crippen LogP contribution in [0.3, 0.4) is 0 Å². The van der Waals surface area contributed by atoms with Crippen LogP contribution < -0.4 is 10.7 Å². The molecule has 6 heteroatoms. The number of hydrogen-bond donors (Lipinski definition) is 1. The van der Waals surface area contributed by atoms with Crippen LogP contribution in [0, 0.1) is 6.92 Å². The monoisotopic (exact) mass is 332 g/mol. The maximum Gasteiger partial charge on any atom is 0.134 e. The molecule has 0 amide bonds. The molecule has 0 aliphatic rings. The van der Waals surface area contributed by atoms with Gasteiger partial charge in [-0.25, -0.2) is 4.98 Å². The predicted molar refractivity (Wildman–Crippen MR) is 39.8 cm³/mol. The Kier molecular flexibility index (Phi) is 2.43. The minimum atomic E-state index is 0. The van der Waals surface area contributed by atoms with Crippen LogP contribution >= 0.6 is 0 Å². The molecule has 2 heterocycles.